The fourth-order valence-electron chi connectivity index (χ4n) is 2.33. The Labute approximate surface area is 126 Å². The average Bonchev–Trinajstić information content (AvgIpc) is 2.46. The molecule has 3 N–H and O–H groups in total. The number of hydrogen-bond donors (Lipinski definition) is 2. The van der Waals surface area contributed by atoms with E-state index in [-0.39, 0.29) is 5.91 Å². The molecule has 1 unspecified atom stereocenters. The Morgan fingerprint density at radius 3 is 2.48 bits per heavy atom. The summed E-state index contributed by atoms with van der Waals surface area (Å²) in [5.41, 5.74) is 8.13. The zero-order valence-electron chi connectivity index (χ0n) is 12.6. The number of nitrogens with two attached hydrogens (primary N) is 1. The average molecular weight is 282 g/mol. The largest absolute Gasteiger partial charge is 0.371 e. The lowest BCUT2D eigenvalue weighted by Crippen LogP contribution is -2.48. The van der Waals surface area contributed by atoms with Crippen LogP contribution in [0.1, 0.15) is 24.5 Å². The molecule has 0 aliphatic heterocycles. The summed E-state index contributed by atoms with van der Waals surface area (Å²) in [5, 5.41) is 3.29. The molecule has 0 bridgehead atoms. The number of hydrogen-bond acceptors (Lipinski definition) is 2. The lowest BCUT2D eigenvalue weighted by Gasteiger charge is -2.29. The molecule has 0 fully saturated rings. The van der Waals surface area contributed by atoms with Crippen molar-refractivity contribution in [2.45, 2.75) is 32.2 Å². The maximum Gasteiger partial charge on any atom is 0.242 e. The molecule has 110 valence electrons. The van der Waals surface area contributed by atoms with Gasteiger partial charge in [-0.25, -0.2) is 0 Å². The smallest absolute Gasteiger partial charge is 0.242 e. The van der Waals surface area contributed by atoms with Crippen molar-refractivity contribution in [1.82, 2.24) is 0 Å². The van der Waals surface area contributed by atoms with E-state index < -0.39 is 5.54 Å². The second-order valence-corrected chi connectivity index (χ2v) is 5.68. The van der Waals surface area contributed by atoms with Crippen LogP contribution in [0.2, 0.25) is 0 Å². The molecule has 0 radical (unpaired) electrons. The van der Waals surface area contributed by atoms with Crippen LogP contribution in [-0.2, 0) is 11.2 Å². The quantitative estimate of drug-likeness (QED) is 0.854. The summed E-state index contributed by atoms with van der Waals surface area (Å²) in [7, 11) is 0. The van der Waals surface area contributed by atoms with Gasteiger partial charge in [0.25, 0.3) is 0 Å². The van der Waals surface area contributed by atoms with Crippen LogP contribution in [0, 0.1) is 6.92 Å². The van der Waals surface area contributed by atoms with Gasteiger partial charge in [0.15, 0.2) is 0 Å². The Bertz CT molecular complexity index is 610. The number of rotatable bonds is 6. The number of benzene rings is 2. The summed E-state index contributed by atoms with van der Waals surface area (Å²) in [6.45, 7) is 3.89. The van der Waals surface area contributed by atoms with Gasteiger partial charge in [0.05, 0.1) is 0 Å². The second kappa shape index (κ2) is 6.44. The van der Waals surface area contributed by atoms with E-state index in [4.69, 9.17) is 5.73 Å². The third kappa shape index (κ3) is 4.09. The van der Waals surface area contributed by atoms with Gasteiger partial charge < -0.3 is 11.1 Å². The summed E-state index contributed by atoms with van der Waals surface area (Å²) < 4.78 is 0. The highest BCUT2D eigenvalue weighted by atomic mass is 16.1. The molecule has 2 aromatic rings. The Morgan fingerprint density at radius 2 is 1.86 bits per heavy atom. The number of carbonyl (C=O) groups excluding carboxylic acids is 1. The van der Waals surface area contributed by atoms with Gasteiger partial charge in [0.2, 0.25) is 5.91 Å². The van der Waals surface area contributed by atoms with E-state index in [0.29, 0.717) is 6.42 Å². The summed E-state index contributed by atoms with van der Waals surface area (Å²) in [4.78, 5) is 11.9. The first-order valence-corrected chi connectivity index (χ1v) is 7.18. The van der Waals surface area contributed by atoms with Crippen LogP contribution in [0.3, 0.4) is 0 Å². The number of nitrogens with one attached hydrogen (secondary N) is 1. The third-order valence-corrected chi connectivity index (χ3v) is 3.74. The number of anilines is 1. The lowest BCUT2D eigenvalue weighted by molar-refractivity contribution is -0.122. The molecule has 2 aromatic carbocycles. The summed E-state index contributed by atoms with van der Waals surface area (Å²) in [5.74, 6) is -0.333. The third-order valence-electron chi connectivity index (χ3n) is 3.74. The molecule has 0 aliphatic rings. The predicted molar refractivity (Wildman–Crippen MR) is 87.2 cm³/mol. The van der Waals surface area contributed by atoms with Crippen LogP contribution < -0.4 is 11.1 Å². The van der Waals surface area contributed by atoms with Crippen LogP contribution in [0.15, 0.2) is 54.6 Å². The summed E-state index contributed by atoms with van der Waals surface area (Å²) in [6.07, 6.45) is 1.46. The second-order valence-electron chi connectivity index (χ2n) is 5.68. The van der Waals surface area contributed by atoms with Crippen molar-refractivity contribution in [3.63, 3.8) is 0 Å². The minimum atomic E-state index is -0.760. The van der Waals surface area contributed by atoms with Gasteiger partial charge in [-0.05, 0) is 49.9 Å². The first-order chi connectivity index (χ1) is 9.99. The Kier molecular flexibility index (Phi) is 4.63. The standard InChI is InChI=1S/C18H22N2O/c1-14-7-6-10-16(13-14)20-18(2,17(19)21)12-11-15-8-4-3-5-9-15/h3-10,13,20H,11-12H2,1-2H3,(H2,19,21). The first kappa shape index (κ1) is 15.1. The highest BCUT2D eigenvalue weighted by Gasteiger charge is 2.30. The van der Waals surface area contributed by atoms with E-state index in [2.05, 4.69) is 17.4 Å². The van der Waals surface area contributed by atoms with Gasteiger partial charge in [-0.3, -0.25) is 4.79 Å². The van der Waals surface area contributed by atoms with Crippen molar-refractivity contribution in [1.29, 1.82) is 0 Å². The molecule has 3 nitrogen and oxygen atoms in total. The molecule has 21 heavy (non-hydrogen) atoms. The van der Waals surface area contributed by atoms with Gasteiger partial charge in [-0.1, -0.05) is 42.5 Å². The predicted octanol–water partition coefficient (Wildman–Crippen LogP) is 3.28. The molecule has 1 atom stereocenters. The first-order valence-electron chi connectivity index (χ1n) is 7.18. The Hall–Kier alpha value is -2.29. The molecule has 0 aromatic heterocycles. The van der Waals surface area contributed by atoms with Crippen LogP contribution in [0.4, 0.5) is 5.69 Å². The van der Waals surface area contributed by atoms with Crippen molar-refractivity contribution in [3.8, 4) is 0 Å². The van der Waals surface area contributed by atoms with Gasteiger partial charge >= 0.3 is 0 Å². The zero-order chi connectivity index (χ0) is 15.3. The molecule has 0 heterocycles. The minimum absolute atomic E-state index is 0.333. The minimum Gasteiger partial charge on any atom is -0.371 e. The van der Waals surface area contributed by atoms with Gasteiger partial charge in [0, 0.05) is 5.69 Å². The van der Waals surface area contributed by atoms with E-state index in [0.717, 1.165) is 17.7 Å². The highest BCUT2D eigenvalue weighted by Crippen LogP contribution is 2.21. The van der Waals surface area contributed by atoms with E-state index in [1.54, 1.807) is 0 Å². The number of primary amides is 1. The normalized spacial score (nSPS) is 13.4. The number of aryl methyl sites for hydroxylation is 2. The molecule has 0 saturated carbocycles. The molecule has 3 heteroatoms. The SMILES string of the molecule is Cc1cccc(NC(C)(CCc2ccccc2)C(N)=O)c1. The summed E-state index contributed by atoms with van der Waals surface area (Å²) >= 11 is 0. The molecule has 1 amide bonds. The van der Waals surface area contributed by atoms with Crippen LogP contribution >= 0.6 is 0 Å². The molecule has 0 spiro atoms. The van der Waals surface area contributed by atoms with E-state index in [1.807, 2.05) is 56.3 Å². The van der Waals surface area contributed by atoms with Gasteiger partial charge in [-0.2, -0.15) is 0 Å². The van der Waals surface area contributed by atoms with Crippen LogP contribution in [0.5, 0.6) is 0 Å². The fourth-order valence-corrected chi connectivity index (χ4v) is 2.33. The van der Waals surface area contributed by atoms with Crippen molar-refractivity contribution >= 4 is 11.6 Å². The van der Waals surface area contributed by atoms with Gasteiger partial charge in [-0.15, -0.1) is 0 Å². The Balaban J connectivity index is 2.11. The zero-order valence-corrected chi connectivity index (χ0v) is 12.6. The van der Waals surface area contributed by atoms with Crippen LogP contribution in [0.25, 0.3) is 0 Å². The van der Waals surface area contributed by atoms with Crippen molar-refractivity contribution < 1.29 is 4.79 Å². The molecule has 0 aliphatic carbocycles. The van der Waals surface area contributed by atoms with Crippen molar-refractivity contribution in [3.05, 3.63) is 65.7 Å². The molecule has 0 saturated heterocycles. The molecule has 2 rings (SSSR count). The molecular formula is C18H22N2O. The van der Waals surface area contributed by atoms with Crippen molar-refractivity contribution in [2.24, 2.45) is 5.73 Å². The van der Waals surface area contributed by atoms with Crippen LogP contribution in [-0.4, -0.2) is 11.4 Å². The molecular weight excluding hydrogens is 260 g/mol. The highest BCUT2D eigenvalue weighted by molar-refractivity contribution is 5.87. The number of carbonyl (C=O) groups is 1. The van der Waals surface area contributed by atoms with E-state index in [1.165, 1.54) is 5.56 Å². The van der Waals surface area contributed by atoms with Crippen molar-refractivity contribution in [2.75, 3.05) is 5.32 Å². The van der Waals surface area contributed by atoms with E-state index in [9.17, 15) is 4.79 Å². The maximum atomic E-state index is 11.9. The van der Waals surface area contributed by atoms with E-state index >= 15 is 0 Å². The number of amides is 1. The fraction of sp³-hybridized carbons (Fsp3) is 0.278. The Morgan fingerprint density at radius 1 is 1.14 bits per heavy atom. The maximum absolute atomic E-state index is 11.9. The summed E-state index contributed by atoms with van der Waals surface area (Å²) in [6, 6.07) is 18.1. The van der Waals surface area contributed by atoms with Gasteiger partial charge in [0.1, 0.15) is 5.54 Å². The topological polar surface area (TPSA) is 55.1 Å². The lowest BCUT2D eigenvalue weighted by atomic mass is 9.92. The monoisotopic (exact) mass is 282 g/mol.